The first-order valence-electron chi connectivity index (χ1n) is 11.8. The van der Waals surface area contributed by atoms with E-state index in [4.69, 9.17) is 16.3 Å². The number of likely N-dealkylation sites (tertiary alicyclic amines) is 1. The highest BCUT2D eigenvalue weighted by atomic mass is 35.5. The Bertz CT molecular complexity index is 1310. The van der Waals surface area contributed by atoms with E-state index in [9.17, 15) is 4.79 Å². The van der Waals surface area contributed by atoms with Crippen LogP contribution in [0.25, 0.3) is 10.9 Å². The molecule has 3 aromatic rings. The number of ether oxygens (including phenoxy) is 1. The van der Waals surface area contributed by atoms with Gasteiger partial charge >= 0.3 is 0 Å². The number of carbonyl (C=O) groups is 1. The van der Waals surface area contributed by atoms with E-state index in [0.717, 1.165) is 29.5 Å². The van der Waals surface area contributed by atoms with Crippen molar-refractivity contribution in [3.8, 4) is 0 Å². The second-order valence-electron chi connectivity index (χ2n) is 9.50. The summed E-state index contributed by atoms with van der Waals surface area (Å²) in [6.07, 6.45) is 5.65. The van der Waals surface area contributed by atoms with Crippen LogP contribution in [-0.2, 0) is 23.5 Å². The van der Waals surface area contributed by atoms with Crippen molar-refractivity contribution < 1.29 is 9.53 Å². The van der Waals surface area contributed by atoms with Crippen LogP contribution in [0.15, 0.2) is 65.3 Å². The van der Waals surface area contributed by atoms with Crippen LogP contribution < -0.4 is 0 Å². The molecule has 34 heavy (non-hydrogen) atoms. The summed E-state index contributed by atoms with van der Waals surface area (Å²) >= 11 is 6.33. The lowest BCUT2D eigenvalue weighted by Gasteiger charge is -2.39. The van der Waals surface area contributed by atoms with Gasteiger partial charge in [-0.05, 0) is 56.0 Å². The molecule has 0 bridgehead atoms. The van der Waals surface area contributed by atoms with E-state index in [0.29, 0.717) is 36.8 Å². The van der Waals surface area contributed by atoms with Crippen molar-refractivity contribution in [2.75, 3.05) is 20.1 Å². The first-order chi connectivity index (χ1) is 16.4. The van der Waals surface area contributed by atoms with Gasteiger partial charge in [-0.3, -0.25) is 9.79 Å². The van der Waals surface area contributed by atoms with Crippen LogP contribution in [0.5, 0.6) is 0 Å². The fourth-order valence-electron chi connectivity index (χ4n) is 5.29. The fraction of sp³-hybridized carbons (Fsp3) is 0.357. The Hall–Kier alpha value is -2.89. The summed E-state index contributed by atoms with van der Waals surface area (Å²) < 4.78 is 8.37. The maximum Gasteiger partial charge on any atom is 0.256 e. The number of amides is 1. The number of hydrogen-bond donors (Lipinski definition) is 0. The lowest BCUT2D eigenvalue weighted by Crippen LogP contribution is -2.45. The number of carbonyl (C=O) groups excluding carboxylic acids is 1. The minimum atomic E-state index is -0.258. The molecule has 0 unspecified atom stereocenters. The molecule has 0 atom stereocenters. The number of aromatic nitrogens is 1. The standard InChI is InChI=1S/C28H30ClN3O2/c1-19(2)14-22(30-3)16-32-17-24(23-9-8-21(29)15-26(23)32)27(33)31-12-10-28(11-13-31)25-7-5-4-6-20(25)18-34-28/h4-9,14-15,17H,10-13,16,18H2,1-3H3. The van der Waals surface area contributed by atoms with E-state index in [-0.39, 0.29) is 11.5 Å². The van der Waals surface area contributed by atoms with E-state index in [1.54, 1.807) is 7.05 Å². The maximum atomic E-state index is 13.7. The molecule has 0 aliphatic carbocycles. The highest BCUT2D eigenvalue weighted by Crippen LogP contribution is 2.44. The number of nitrogens with zero attached hydrogens (tertiary/aromatic N) is 3. The van der Waals surface area contributed by atoms with E-state index in [2.05, 4.69) is 53.7 Å². The Kier molecular flexibility index (Phi) is 6.09. The molecule has 0 N–H and O–H groups in total. The Labute approximate surface area is 205 Å². The Morgan fingerprint density at radius 2 is 1.94 bits per heavy atom. The maximum absolute atomic E-state index is 13.7. The molecule has 1 amide bonds. The average Bonchev–Trinajstić information content (AvgIpc) is 3.37. The van der Waals surface area contributed by atoms with Gasteiger partial charge in [0.15, 0.2) is 0 Å². The largest absolute Gasteiger partial charge is 0.365 e. The van der Waals surface area contributed by atoms with Crippen LogP contribution in [0.2, 0.25) is 5.02 Å². The van der Waals surface area contributed by atoms with Crippen LogP contribution in [0.3, 0.4) is 0 Å². The Morgan fingerprint density at radius 1 is 1.18 bits per heavy atom. The summed E-state index contributed by atoms with van der Waals surface area (Å²) in [6, 6.07) is 14.2. The molecule has 2 aliphatic rings. The molecule has 176 valence electrons. The van der Waals surface area contributed by atoms with E-state index in [1.165, 1.54) is 16.7 Å². The molecule has 1 spiro atoms. The summed E-state index contributed by atoms with van der Waals surface area (Å²) in [4.78, 5) is 20.1. The van der Waals surface area contributed by atoms with Gasteiger partial charge in [0.2, 0.25) is 0 Å². The van der Waals surface area contributed by atoms with Crippen molar-refractivity contribution in [3.63, 3.8) is 0 Å². The monoisotopic (exact) mass is 475 g/mol. The summed E-state index contributed by atoms with van der Waals surface area (Å²) in [5.74, 6) is 0.0596. The molecule has 5 rings (SSSR count). The predicted molar refractivity (Wildman–Crippen MR) is 138 cm³/mol. The molecular weight excluding hydrogens is 446 g/mol. The minimum absolute atomic E-state index is 0.0596. The fourth-order valence-corrected chi connectivity index (χ4v) is 5.46. The number of allylic oxidation sites excluding steroid dienone is 2. The van der Waals surface area contributed by atoms with E-state index >= 15 is 0 Å². The highest BCUT2D eigenvalue weighted by Gasteiger charge is 2.43. The van der Waals surface area contributed by atoms with Crippen LogP contribution >= 0.6 is 11.6 Å². The molecule has 3 heterocycles. The third kappa shape index (κ3) is 4.08. The van der Waals surface area contributed by atoms with Crippen molar-refractivity contribution in [3.05, 3.63) is 82.0 Å². The van der Waals surface area contributed by atoms with Crippen LogP contribution in [0.4, 0.5) is 0 Å². The van der Waals surface area contributed by atoms with Gasteiger partial charge in [0.1, 0.15) is 0 Å². The van der Waals surface area contributed by atoms with Gasteiger partial charge in [0, 0.05) is 36.7 Å². The van der Waals surface area contributed by atoms with Gasteiger partial charge in [-0.2, -0.15) is 0 Å². The van der Waals surface area contributed by atoms with Gasteiger partial charge in [0.25, 0.3) is 5.91 Å². The van der Waals surface area contributed by atoms with Crippen molar-refractivity contribution >= 4 is 34.1 Å². The normalized spacial score (nSPS) is 17.3. The first-order valence-corrected chi connectivity index (χ1v) is 12.2. The lowest BCUT2D eigenvalue weighted by molar-refractivity contribution is -0.0741. The van der Waals surface area contributed by atoms with Gasteiger partial charge in [0.05, 0.1) is 35.5 Å². The smallest absolute Gasteiger partial charge is 0.256 e. The summed E-state index contributed by atoms with van der Waals surface area (Å²) in [6.45, 7) is 6.70. The molecule has 5 nitrogen and oxygen atoms in total. The average molecular weight is 476 g/mol. The van der Waals surface area contributed by atoms with Crippen molar-refractivity contribution in [2.45, 2.75) is 45.4 Å². The quantitative estimate of drug-likeness (QED) is 0.435. The third-order valence-corrected chi connectivity index (χ3v) is 7.26. The van der Waals surface area contributed by atoms with Crippen LogP contribution in [0, 0.1) is 0 Å². The van der Waals surface area contributed by atoms with Crippen molar-refractivity contribution in [2.24, 2.45) is 4.99 Å². The van der Waals surface area contributed by atoms with Crippen molar-refractivity contribution in [1.29, 1.82) is 0 Å². The summed E-state index contributed by atoms with van der Waals surface area (Å²) in [7, 11) is 1.80. The number of piperidine rings is 1. The third-order valence-electron chi connectivity index (χ3n) is 7.02. The number of fused-ring (bicyclic) bond motifs is 3. The topological polar surface area (TPSA) is 46.8 Å². The second-order valence-corrected chi connectivity index (χ2v) is 9.94. The zero-order valence-electron chi connectivity index (χ0n) is 20.0. The van der Waals surface area contributed by atoms with Gasteiger partial charge < -0.3 is 14.2 Å². The highest BCUT2D eigenvalue weighted by molar-refractivity contribution is 6.31. The van der Waals surface area contributed by atoms with Crippen molar-refractivity contribution in [1.82, 2.24) is 9.47 Å². The number of halogens is 1. The first kappa shape index (κ1) is 22.9. The predicted octanol–water partition coefficient (Wildman–Crippen LogP) is 5.99. The number of hydrogen-bond acceptors (Lipinski definition) is 3. The second kappa shape index (κ2) is 9.05. The molecular formula is C28H30ClN3O2. The molecule has 0 radical (unpaired) electrons. The number of rotatable bonds is 4. The molecule has 1 fully saturated rings. The number of aliphatic imine (C=N–C) groups is 1. The molecule has 2 aliphatic heterocycles. The minimum Gasteiger partial charge on any atom is -0.365 e. The molecule has 1 saturated heterocycles. The summed E-state index contributed by atoms with van der Waals surface area (Å²) in [5, 5.41) is 1.57. The Balaban J connectivity index is 1.42. The Morgan fingerprint density at radius 3 is 2.68 bits per heavy atom. The molecule has 2 aromatic carbocycles. The zero-order chi connectivity index (χ0) is 23.9. The summed E-state index contributed by atoms with van der Waals surface area (Å²) in [5.41, 5.74) is 6.10. The number of benzene rings is 2. The SMILES string of the molecule is CN=C(C=C(C)C)Cn1cc(C(=O)N2CCC3(CC2)OCc2ccccc23)c2ccc(Cl)cc21. The molecule has 6 heteroatoms. The van der Waals surface area contributed by atoms with Crippen LogP contribution in [-0.4, -0.2) is 41.2 Å². The van der Waals surface area contributed by atoms with Gasteiger partial charge in [-0.1, -0.05) is 47.5 Å². The van der Waals surface area contributed by atoms with Gasteiger partial charge in [-0.25, -0.2) is 0 Å². The van der Waals surface area contributed by atoms with Gasteiger partial charge in [-0.15, -0.1) is 0 Å². The van der Waals surface area contributed by atoms with E-state index in [1.807, 2.05) is 29.3 Å². The van der Waals surface area contributed by atoms with Crippen LogP contribution in [0.1, 0.15) is 48.2 Å². The molecule has 0 saturated carbocycles. The van der Waals surface area contributed by atoms with E-state index < -0.39 is 0 Å². The lowest BCUT2D eigenvalue weighted by atomic mass is 9.83. The molecule has 1 aromatic heterocycles. The zero-order valence-corrected chi connectivity index (χ0v) is 20.7.